The van der Waals surface area contributed by atoms with Crippen LogP contribution in [0.2, 0.25) is 0 Å². The van der Waals surface area contributed by atoms with Gasteiger partial charge in [0.15, 0.2) is 0 Å². The summed E-state index contributed by atoms with van der Waals surface area (Å²) in [6.45, 7) is 2.35. The molecule has 1 aromatic carbocycles. The molecule has 0 saturated carbocycles. The zero-order valence-electron chi connectivity index (χ0n) is 13.0. The molecule has 1 amide bonds. The molecule has 3 N–H and O–H groups in total. The van der Waals surface area contributed by atoms with Crippen molar-refractivity contribution in [3.8, 4) is 11.3 Å². The van der Waals surface area contributed by atoms with Crippen LogP contribution in [0.3, 0.4) is 0 Å². The van der Waals surface area contributed by atoms with Gasteiger partial charge in [-0.15, -0.1) is 0 Å². The van der Waals surface area contributed by atoms with Gasteiger partial charge in [-0.1, -0.05) is 0 Å². The van der Waals surface area contributed by atoms with E-state index in [1.165, 1.54) is 16.8 Å². The number of hydrogen-bond donors (Lipinski definition) is 2. The number of nitrogens with one attached hydrogen (secondary N) is 1. The number of nitrogens with two attached hydrogens (primary N) is 1. The topological polar surface area (TPSA) is 116 Å². The summed E-state index contributed by atoms with van der Waals surface area (Å²) in [6.07, 6.45) is 2.30. The second-order valence-corrected chi connectivity index (χ2v) is 5.39. The minimum Gasteiger partial charge on any atom is -0.352 e. The first-order valence-electron chi connectivity index (χ1n) is 7.20. The summed E-state index contributed by atoms with van der Waals surface area (Å²) in [7, 11) is 1.72. The van der Waals surface area contributed by atoms with Gasteiger partial charge in [0, 0.05) is 43.5 Å². The monoisotopic (exact) mass is 317 g/mol. The van der Waals surface area contributed by atoms with E-state index in [2.05, 4.69) is 10.4 Å². The van der Waals surface area contributed by atoms with Crippen LogP contribution in [0, 0.1) is 10.1 Å². The molecule has 0 aliphatic rings. The van der Waals surface area contributed by atoms with Crippen molar-refractivity contribution in [1.82, 2.24) is 15.1 Å². The van der Waals surface area contributed by atoms with Crippen molar-refractivity contribution in [1.29, 1.82) is 0 Å². The van der Waals surface area contributed by atoms with E-state index in [-0.39, 0.29) is 17.6 Å². The first-order chi connectivity index (χ1) is 10.9. The Labute approximate surface area is 133 Å². The lowest BCUT2D eigenvalue weighted by atomic mass is 10.1. The first-order valence-corrected chi connectivity index (χ1v) is 7.20. The van der Waals surface area contributed by atoms with Crippen molar-refractivity contribution in [3.63, 3.8) is 0 Å². The molecule has 1 unspecified atom stereocenters. The largest absolute Gasteiger partial charge is 0.352 e. The summed E-state index contributed by atoms with van der Waals surface area (Å²) < 4.78 is 1.54. The Morgan fingerprint density at radius 1 is 1.43 bits per heavy atom. The minimum absolute atomic E-state index is 0.00684. The van der Waals surface area contributed by atoms with Crippen molar-refractivity contribution < 1.29 is 9.72 Å². The summed E-state index contributed by atoms with van der Waals surface area (Å²) in [5, 5.41) is 17.8. The van der Waals surface area contributed by atoms with E-state index in [0.29, 0.717) is 29.8 Å². The number of carbonyl (C=O) groups excluding carboxylic acids is 1. The van der Waals surface area contributed by atoms with E-state index < -0.39 is 4.92 Å². The number of nitrogens with zero attached hydrogens (tertiary/aromatic N) is 3. The number of aromatic nitrogens is 2. The average Bonchev–Trinajstić information content (AvgIpc) is 2.89. The molecule has 8 heteroatoms. The van der Waals surface area contributed by atoms with Crippen LogP contribution in [0.25, 0.3) is 11.3 Å². The lowest BCUT2D eigenvalue weighted by molar-refractivity contribution is -0.384. The maximum absolute atomic E-state index is 12.3. The molecule has 1 atom stereocenters. The standard InChI is InChI=1S/C15H19N5O3/c1-10(16)7-8-17-15(21)13-9-19(2)18-14(13)11-3-5-12(6-4-11)20(22)23/h3-6,9-10H,7-8,16H2,1-2H3,(H,17,21). The zero-order chi connectivity index (χ0) is 17.0. The van der Waals surface area contributed by atoms with Gasteiger partial charge in [0.1, 0.15) is 5.69 Å². The predicted octanol–water partition coefficient (Wildman–Crippen LogP) is 1.46. The Morgan fingerprint density at radius 3 is 2.65 bits per heavy atom. The van der Waals surface area contributed by atoms with Crippen molar-refractivity contribution in [2.75, 3.05) is 6.54 Å². The summed E-state index contributed by atoms with van der Waals surface area (Å²) in [5.74, 6) is -0.243. The Hall–Kier alpha value is -2.74. The molecule has 23 heavy (non-hydrogen) atoms. The van der Waals surface area contributed by atoms with Crippen LogP contribution in [-0.4, -0.2) is 33.2 Å². The third kappa shape index (κ3) is 4.13. The van der Waals surface area contributed by atoms with E-state index in [9.17, 15) is 14.9 Å². The van der Waals surface area contributed by atoms with Gasteiger partial charge in [0.25, 0.3) is 11.6 Å². The number of nitro benzene ring substituents is 1. The number of benzene rings is 1. The predicted molar refractivity (Wildman–Crippen MR) is 85.9 cm³/mol. The first kappa shape index (κ1) is 16.6. The molecule has 1 aromatic heterocycles. The molecule has 0 radical (unpaired) electrons. The van der Waals surface area contributed by atoms with E-state index in [1.807, 2.05) is 6.92 Å². The highest BCUT2D eigenvalue weighted by Crippen LogP contribution is 2.24. The van der Waals surface area contributed by atoms with Gasteiger partial charge in [0.2, 0.25) is 0 Å². The number of aryl methyl sites for hydroxylation is 1. The number of rotatable bonds is 6. The van der Waals surface area contributed by atoms with Gasteiger partial charge >= 0.3 is 0 Å². The maximum Gasteiger partial charge on any atom is 0.269 e. The minimum atomic E-state index is -0.468. The molecule has 0 saturated heterocycles. The molecular weight excluding hydrogens is 298 g/mol. The van der Waals surface area contributed by atoms with Crippen LogP contribution in [0.1, 0.15) is 23.7 Å². The van der Waals surface area contributed by atoms with Gasteiger partial charge in [-0.3, -0.25) is 19.6 Å². The Kier molecular flexibility index (Phi) is 5.07. The molecule has 0 aliphatic heterocycles. The van der Waals surface area contributed by atoms with Crippen molar-refractivity contribution in [2.45, 2.75) is 19.4 Å². The van der Waals surface area contributed by atoms with Crippen LogP contribution < -0.4 is 11.1 Å². The molecule has 2 aromatic rings. The molecule has 2 rings (SSSR count). The Morgan fingerprint density at radius 2 is 2.09 bits per heavy atom. The number of carbonyl (C=O) groups is 1. The SMILES string of the molecule is CC(N)CCNC(=O)c1cn(C)nc1-c1ccc([N+](=O)[O-])cc1. The van der Waals surface area contributed by atoms with Gasteiger partial charge in [-0.25, -0.2) is 0 Å². The normalized spacial score (nSPS) is 12.0. The smallest absolute Gasteiger partial charge is 0.269 e. The fourth-order valence-electron chi connectivity index (χ4n) is 2.12. The number of nitro groups is 1. The fourth-order valence-corrected chi connectivity index (χ4v) is 2.12. The van der Waals surface area contributed by atoms with E-state index in [0.717, 1.165) is 0 Å². The second-order valence-electron chi connectivity index (χ2n) is 5.39. The van der Waals surface area contributed by atoms with E-state index >= 15 is 0 Å². The molecule has 0 aliphatic carbocycles. The maximum atomic E-state index is 12.3. The molecule has 0 spiro atoms. The Balaban J connectivity index is 2.22. The quantitative estimate of drug-likeness (QED) is 0.618. The highest BCUT2D eigenvalue weighted by atomic mass is 16.6. The molecule has 0 fully saturated rings. The molecular formula is C15H19N5O3. The highest BCUT2D eigenvalue weighted by Gasteiger charge is 2.17. The van der Waals surface area contributed by atoms with Gasteiger partial charge < -0.3 is 11.1 Å². The molecule has 0 bridgehead atoms. The van der Waals surface area contributed by atoms with Gasteiger partial charge in [-0.2, -0.15) is 5.10 Å². The number of amides is 1. The number of hydrogen-bond acceptors (Lipinski definition) is 5. The van der Waals surface area contributed by atoms with E-state index in [1.54, 1.807) is 25.4 Å². The highest BCUT2D eigenvalue weighted by molar-refractivity contribution is 5.99. The molecule has 8 nitrogen and oxygen atoms in total. The summed E-state index contributed by atoms with van der Waals surface area (Å²) >= 11 is 0. The zero-order valence-corrected chi connectivity index (χ0v) is 13.0. The number of non-ortho nitro benzene ring substituents is 1. The summed E-state index contributed by atoms with van der Waals surface area (Å²) in [4.78, 5) is 22.5. The van der Waals surface area contributed by atoms with Crippen molar-refractivity contribution in [3.05, 3.63) is 46.1 Å². The summed E-state index contributed by atoms with van der Waals surface area (Å²) in [5.41, 5.74) is 7.21. The molecule has 122 valence electrons. The van der Waals surface area contributed by atoms with Gasteiger partial charge in [0.05, 0.1) is 10.5 Å². The van der Waals surface area contributed by atoms with Crippen LogP contribution in [0.15, 0.2) is 30.5 Å². The second kappa shape index (κ2) is 7.01. The van der Waals surface area contributed by atoms with Crippen LogP contribution in [0.4, 0.5) is 5.69 Å². The summed E-state index contributed by atoms with van der Waals surface area (Å²) in [6, 6.07) is 5.96. The lowest BCUT2D eigenvalue weighted by Gasteiger charge is -2.07. The third-order valence-electron chi connectivity index (χ3n) is 3.31. The molecule has 1 heterocycles. The van der Waals surface area contributed by atoms with Crippen LogP contribution >= 0.6 is 0 Å². The van der Waals surface area contributed by atoms with Gasteiger partial charge in [-0.05, 0) is 25.5 Å². The van der Waals surface area contributed by atoms with Crippen LogP contribution in [0.5, 0.6) is 0 Å². The Bertz CT molecular complexity index is 706. The lowest BCUT2D eigenvalue weighted by Crippen LogP contribution is -2.29. The van der Waals surface area contributed by atoms with Crippen molar-refractivity contribution >= 4 is 11.6 Å². The fraction of sp³-hybridized carbons (Fsp3) is 0.333. The van der Waals surface area contributed by atoms with Crippen LogP contribution in [-0.2, 0) is 7.05 Å². The van der Waals surface area contributed by atoms with E-state index in [4.69, 9.17) is 5.73 Å². The van der Waals surface area contributed by atoms with Crippen molar-refractivity contribution in [2.24, 2.45) is 12.8 Å². The third-order valence-corrected chi connectivity index (χ3v) is 3.31. The average molecular weight is 317 g/mol.